The first-order valence-electron chi connectivity index (χ1n) is 11.2. The van der Waals surface area contributed by atoms with Crippen LogP contribution >= 0.6 is 0 Å². The van der Waals surface area contributed by atoms with Crippen molar-refractivity contribution < 1.29 is 22.8 Å². The Kier molecular flexibility index (Phi) is 7.01. The average Bonchev–Trinajstić information content (AvgIpc) is 2.85. The van der Waals surface area contributed by atoms with Gasteiger partial charge in [-0.2, -0.15) is 13.2 Å². The van der Waals surface area contributed by atoms with Gasteiger partial charge in [0.2, 0.25) is 11.8 Å². The van der Waals surface area contributed by atoms with Gasteiger partial charge in [0.1, 0.15) is 0 Å². The molecule has 176 valence electrons. The third-order valence-electron chi connectivity index (χ3n) is 6.06. The van der Waals surface area contributed by atoms with Gasteiger partial charge in [0, 0.05) is 25.9 Å². The fourth-order valence-corrected chi connectivity index (χ4v) is 4.29. The molecule has 34 heavy (non-hydrogen) atoms. The molecule has 0 aromatic heterocycles. The number of amides is 2. The Morgan fingerprint density at radius 2 is 1.56 bits per heavy atom. The molecule has 3 aromatic rings. The second kappa shape index (κ2) is 10.1. The van der Waals surface area contributed by atoms with Gasteiger partial charge in [-0.3, -0.25) is 9.59 Å². The molecule has 0 unspecified atom stereocenters. The molecule has 0 saturated heterocycles. The molecule has 0 spiro atoms. The highest BCUT2D eigenvalue weighted by Crippen LogP contribution is 2.35. The molecule has 2 amide bonds. The summed E-state index contributed by atoms with van der Waals surface area (Å²) >= 11 is 0. The first kappa shape index (κ1) is 23.5. The largest absolute Gasteiger partial charge is 0.416 e. The smallest absolute Gasteiger partial charge is 0.352 e. The topological polar surface area (TPSA) is 49.4 Å². The maximum atomic E-state index is 13.1. The van der Waals surface area contributed by atoms with Crippen LogP contribution in [0, 0.1) is 0 Å². The highest BCUT2D eigenvalue weighted by molar-refractivity contribution is 5.84. The van der Waals surface area contributed by atoms with E-state index in [-0.39, 0.29) is 37.2 Å². The minimum atomic E-state index is -4.39. The number of carbonyl (C=O) groups excluding carboxylic acids is 2. The normalized spacial score (nSPS) is 15.5. The Balaban J connectivity index is 1.37. The summed E-state index contributed by atoms with van der Waals surface area (Å²) in [7, 11) is 0. The van der Waals surface area contributed by atoms with Crippen LogP contribution in [0.25, 0.3) is 0 Å². The average molecular weight is 467 g/mol. The number of rotatable bonds is 6. The Hall–Kier alpha value is -3.61. The van der Waals surface area contributed by atoms with Gasteiger partial charge in [0.05, 0.1) is 11.6 Å². The summed E-state index contributed by atoms with van der Waals surface area (Å²) in [4.78, 5) is 27.3. The van der Waals surface area contributed by atoms with Crippen LogP contribution in [-0.4, -0.2) is 23.3 Å². The Labute approximate surface area is 196 Å². The van der Waals surface area contributed by atoms with Crippen LogP contribution in [0.15, 0.2) is 78.9 Å². The van der Waals surface area contributed by atoms with Crippen molar-refractivity contribution in [1.29, 1.82) is 0 Å². The quantitative estimate of drug-likeness (QED) is 0.538. The number of carbonyl (C=O) groups is 2. The number of hydrogen-bond donors (Lipinski definition) is 1. The fraction of sp³-hybridized carbons (Fsp3) is 0.259. The Bertz CT molecular complexity index is 1140. The molecule has 4 nitrogen and oxygen atoms in total. The molecular weight excluding hydrogens is 441 g/mol. The highest BCUT2D eigenvalue weighted by atomic mass is 19.4. The summed E-state index contributed by atoms with van der Waals surface area (Å²) in [6, 6.07) is 22.4. The Morgan fingerprint density at radius 1 is 0.882 bits per heavy atom. The van der Waals surface area contributed by atoms with Gasteiger partial charge < -0.3 is 10.2 Å². The van der Waals surface area contributed by atoms with Crippen LogP contribution in [0.3, 0.4) is 0 Å². The monoisotopic (exact) mass is 466 g/mol. The van der Waals surface area contributed by atoms with Crippen molar-refractivity contribution in [3.8, 4) is 0 Å². The lowest BCUT2D eigenvalue weighted by Gasteiger charge is -2.38. The van der Waals surface area contributed by atoms with Gasteiger partial charge in [-0.15, -0.1) is 0 Å². The molecule has 1 aliphatic rings. The maximum absolute atomic E-state index is 13.1. The predicted octanol–water partition coefficient (Wildman–Crippen LogP) is 5.28. The molecular formula is C27H25F3N2O2. The minimum absolute atomic E-state index is 0.0130. The molecule has 0 fully saturated rings. The van der Waals surface area contributed by atoms with Gasteiger partial charge in [-0.05, 0) is 40.8 Å². The SMILES string of the molecule is O=C(CCC(=O)N1CCc2ccccc2[C@H]1c1ccccc1)NCc1ccc(C(F)(F)F)cc1. The predicted molar refractivity (Wildman–Crippen MR) is 123 cm³/mol. The molecule has 0 radical (unpaired) electrons. The molecule has 1 heterocycles. The molecule has 1 N–H and O–H groups in total. The number of hydrogen-bond acceptors (Lipinski definition) is 2. The molecule has 3 aromatic carbocycles. The number of nitrogens with one attached hydrogen (secondary N) is 1. The molecule has 0 saturated carbocycles. The molecule has 0 bridgehead atoms. The van der Waals surface area contributed by atoms with Crippen molar-refractivity contribution >= 4 is 11.8 Å². The zero-order chi connectivity index (χ0) is 24.1. The van der Waals surface area contributed by atoms with E-state index in [0.717, 1.165) is 29.7 Å². The standard InChI is InChI=1S/C27H25F3N2O2/c28-27(29,30)22-12-10-19(11-13-22)18-31-24(33)14-15-25(34)32-17-16-20-6-4-5-9-23(20)26(32)21-7-2-1-3-8-21/h1-13,26H,14-18H2,(H,31,33)/t26-/m1/s1. The van der Waals surface area contributed by atoms with Crippen LogP contribution in [0.5, 0.6) is 0 Å². The van der Waals surface area contributed by atoms with Crippen molar-refractivity contribution in [3.05, 3.63) is 107 Å². The van der Waals surface area contributed by atoms with Crippen molar-refractivity contribution in [1.82, 2.24) is 10.2 Å². The van der Waals surface area contributed by atoms with E-state index in [1.165, 1.54) is 17.7 Å². The second-order valence-corrected chi connectivity index (χ2v) is 8.32. The van der Waals surface area contributed by atoms with E-state index in [2.05, 4.69) is 11.4 Å². The van der Waals surface area contributed by atoms with Crippen LogP contribution in [-0.2, 0) is 28.7 Å². The van der Waals surface area contributed by atoms with Crippen molar-refractivity contribution in [2.45, 2.75) is 38.0 Å². The van der Waals surface area contributed by atoms with Crippen molar-refractivity contribution in [2.75, 3.05) is 6.54 Å². The summed E-state index contributed by atoms with van der Waals surface area (Å²) < 4.78 is 38.0. The molecule has 1 atom stereocenters. The second-order valence-electron chi connectivity index (χ2n) is 8.32. The molecule has 1 aliphatic heterocycles. The lowest BCUT2D eigenvalue weighted by atomic mass is 9.88. The number of halogens is 3. The molecule has 4 rings (SSSR count). The van der Waals surface area contributed by atoms with Gasteiger partial charge in [-0.25, -0.2) is 0 Å². The maximum Gasteiger partial charge on any atom is 0.416 e. The van der Waals surface area contributed by atoms with E-state index in [1.54, 1.807) is 0 Å². The van der Waals surface area contributed by atoms with E-state index in [4.69, 9.17) is 0 Å². The van der Waals surface area contributed by atoms with Gasteiger partial charge in [0.15, 0.2) is 0 Å². The third kappa shape index (κ3) is 5.47. The van der Waals surface area contributed by atoms with E-state index < -0.39 is 11.7 Å². The van der Waals surface area contributed by atoms with Crippen molar-refractivity contribution in [2.24, 2.45) is 0 Å². The fourth-order valence-electron chi connectivity index (χ4n) is 4.29. The number of benzene rings is 3. The van der Waals surface area contributed by atoms with Crippen LogP contribution in [0.1, 0.15) is 46.7 Å². The van der Waals surface area contributed by atoms with Crippen molar-refractivity contribution in [3.63, 3.8) is 0 Å². The van der Waals surface area contributed by atoms with E-state index in [0.29, 0.717) is 12.1 Å². The van der Waals surface area contributed by atoms with Gasteiger partial charge in [0.25, 0.3) is 0 Å². The number of fused-ring (bicyclic) bond motifs is 1. The third-order valence-corrected chi connectivity index (χ3v) is 6.06. The summed E-state index contributed by atoms with van der Waals surface area (Å²) in [5.74, 6) is -0.421. The van der Waals surface area contributed by atoms with E-state index in [1.807, 2.05) is 53.4 Å². The molecule has 0 aliphatic carbocycles. The minimum Gasteiger partial charge on any atom is -0.352 e. The van der Waals surface area contributed by atoms with Crippen LogP contribution < -0.4 is 5.32 Å². The number of nitrogens with zero attached hydrogens (tertiary/aromatic N) is 1. The molecule has 7 heteroatoms. The lowest BCUT2D eigenvalue weighted by molar-refractivity contribution is -0.137. The zero-order valence-corrected chi connectivity index (χ0v) is 18.5. The van der Waals surface area contributed by atoms with Crippen LogP contribution in [0.4, 0.5) is 13.2 Å². The van der Waals surface area contributed by atoms with E-state index in [9.17, 15) is 22.8 Å². The van der Waals surface area contributed by atoms with E-state index >= 15 is 0 Å². The first-order chi connectivity index (χ1) is 16.3. The van der Waals surface area contributed by atoms with Gasteiger partial charge in [-0.1, -0.05) is 66.7 Å². The van der Waals surface area contributed by atoms with Gasteiger partial charge >= 0.3 is 6.18 Å². The van der Waals surface area contributed by atoms with Crippen LogP contribution in [0.2, 0.25) is 0 Å². The summed E-state index contributed by atoms with van der Waals surface area (Å²) in [6.07, 6.45) is -3.57. The first-order valence-corrected chi connectivity index (χ1v) is 11.2. The highest BCUT2D eigenvalue weighted by Gasteiger charge is 2.32. The Morgan fingerprint density at radius 3 is 2.26 bits per heavy atom. The summed E-state index contributed by atoms with van der Waals surface area (Å²) in [6.45, 7) is 0.678. The summed E-state index contributed by atoms with van der Waals surface area (Å²) in [5, 5.41) is 2.68. The lowest BCUT2D eigenvalue weighted by Crippen LogP contribution is -2.41. The zero-order valence-electron chi connectivity index (χ0n) is 18.5. The summed E-state index contributed by atoms with van der Waals surface area (Å²) in [5.41, 5.74) is 3.17. The number of alkyl halides is 3.